The standard InChI is InChI=1S/C15H20N2O/c1-12-2-4-13(5-3-12)6-7-15(18)17-9-8-14(10-16)11-17/h2-7,14H,8-11,16H2,1H3/b7-6+. The molecule has 1 aromatic rings. The Morgan fingerprint density at radius 3 is 2.78 bits per heavy atom. The minimum absolute atomic E-state index is 0.0894. The number of carbonyl (C=O) groups excluding carboxylic acids is 1. The zero-order valence-corrected chi connectivity index (χ0v) is 10.8. The van der Waals surface area contributed by atoms with E-state index < -0.39 is 0 Å². The number of rotatable bonds is 3. The number of hydrogen-bond acceptors (Lipinski definition) is 2. The van der Waals surface area contributed by atoms with E-state index in [-0.39, 0.29) is 5.91 Å². The summed E-state index contributed by atoms with van der Waals surface area (Å²) < 4.78 is 0. The average molecular weight is 244 g/mol. The second-order valence-corrected chi connectivity index (χ2v) is 4.92. The smallest absolute Gasteiger partial charge is 0.246 e. The maximum atomic E-state index is 11.9. The normalized spacial score (nSPS) is 19.7. The molecule has 1 aliphatic rings. The van der Waals surface area contributed by atoms with Gasteiger partial charge in [0.05, 0.1) is 0 Å². The molecule has 3 nitrogen and oxygen atoms in total. The molecule has 2 N–H and O–H groups in total. The third-order valence-electron chi connectivity index (χ3n) is 3.43. The van der Waals surface area contributed by atoms with Gasteiger partial charge in [-0.15, -0.1) is 0 Å². The summed E-state index contributed by atoms with van der Waals surface area (Å²) in [5, 5.41) is 0. The second-order valence-electron chi connectivity index (χ2n) is 4.92. The molecule has 1 unspecified atom stereocenters. The first-order valence-electron chi connectivity index (χ1n) is 6.43. The SMILES string of the molecule is Cc1ccc(/C=C/C(=O)N2CCC(CN)C2)cc1. The Labute approximate surface area is 108 Å². The van der Waals surface area contributed by atoms with Crippen LogP contribution in [-0.2, 0) is 4.79 Å². The maximum absolute atomic E-state index is 11.9. The third-order valence-corrected chi connectivity index (χ3v) is 3.43. The summed E-state index contributed by atoms with van der Waals surface area (Å²) in [5.74, 6) is 0.563. The lowest BCUT2D eigenvalue weighted by Crippen LogP contribution is -2.28. The number of hydrogen-bond donors (Lipinski definition) is 1. The van der Waals surface area contributed by atoms with Crippen LogP contribution in [0.1, 0.15) is 17.5 Å². The van der Waals surface area contributed by atoms with Crippen molar-refractivity contribution in [2.45, 2.75) is 13.3 Å². The fraction of sp³-hybridized carbons (Fsp3) is 0.400. The Hall–Kier alpha value is -1.61. The number of nitrogens with zero attached hydrogens (tertiary/aromatic N) is 1. The molecule has 3 heteroatoms. The summed E-state index contributed by atoms with van der Waals surface area (Å²) in [6, 6.07) is 8.13. The van der Waals surface area contributed by atoms with Crippen molar-refractivity contribution in [2.24, 2.45) is 11.7 Å². The first kappa shape index (κ1) is 12.8. The molecule has 0 aliphatic carbocycles. The summed E-state index contributed by atoms with van der Waals surface area (Å²) in [6.07, 6.45) is 4.56. The molecule has 1 heterocycles. The third kappa shape index (κ3) is 3.20. The van der Waals surface area contributed by atoms with Crippen molar-refractivity contribution in [1.29, 1.82) is 0 Å². The van der Waals surface area contributed by atoms with Crippen LogP contribution in [0.15, 0.2) is 30.3 Å². The van der Waals surface area contributed by atoms with Gasteiger partial charge in [-0.2, -0.15) is 0 Å². The Kier molecular flexibility index (Phi) is 4.15. The number of nitrogens with two attached hydrogens (primary N) is 1. The van der Waals surface area contributed by atoms with Gasteiger partial charge in [0.2, 0.25) is 5.91 Å². The summed E-state index contributed by atoms with van der Waals surface area (Å²) in [7, 11) is 0. The van der Waals surface area contributed by atoms with Crippen LogP contribution in [0.4, 0.5) is 0 Å². The predicted octanol–water partition coefficient (Wildman–Crippen LogP) is 1.82. The lowest BCUT2D eigenvalue weighted by Gasteiger charge is -2.13. The van der Waals surface area contributed by atoms with E-state index in [4.69, 9.17) is 5.73 Å². The van der Waals surface area contributed by atoms with Crippen LogP contribution < -0.4 is 5.73 Å². The number of carbonyl (C=O) groups is 1. The minimum atomic E-state index is 0.0894. The Bertz CT molecular complexity index is 436. The average Bonchev–Trinajstić information content (AvgIpc) is 2.86. The first-order valence-corrected chi connectivity index (χ1v) is 6.43. The number of aryl methyl sites for hydroxylation is 1. The summed E-state index contributed by atoms with van der Waals surface area (Å²) in [4.78, 5) is 13.8. The summed E-state index contributed by atoms with van der Waals surface area (Å²) in [5.41, 5.74) is 7.90. The number of likely N-dealkylation sites (tertiary alicyclic amines) is 1. The summed E-state index contributed by atoms with van der Waals surface area (Å²) in [6.45, 7) is 4.35. The van der Waals surface area contributed by atoms with Crippen molar-refractivity contribution < 1.29 is 4.79 Å². The fourth-order valence-electron chi connectivity index (χ4n) is 2.18. The molecule has 0 bridgehead atoms. The molecule has 1 aromatic carbocycles. The quantitative estimate of drug-likeness (QED) is 0.824. The van der Waals surface area contributed by atoms with E-state index in [9.17, 15) is 4.79 Å². The van der Waals surface area contributed by atoms with Crippen molar-refractivity contribution in [3.05, 3.63) is 41.5 Å². The molecule has 96 valence electrons. The van der Waals surface area contributed by atoms with Gasteiger partial charge < -0.3 is 10.6 Å². The van der Waals surface area contributed by atoms with E-state index in [2.05, 4.69) is 6.92 Å². The van der Waals surface area contributed by atoms with Crippen molar-refractivity contribution >= 4 is 12.0 Å². The highest BCUT2D eigenvalue weighted by Gasteiger charge is 2.23. The maximum Gasteiger partial charge on any atom is 0.246 e. The molecule has 1 fully saturated rings. The van der Waals surface area contributed by atoms with Crippen LogP contribution in [0.5, 0.6) is 0 Å². The van der Waals surface area contributed by atoms with Crippen molar-refractivity contribution in [1.82, 2.24) is 4.90 Å². The number of benzene rings is 1. The molecule has 1 saturated heterocycles. The highest BCUT2D eigenvalue weighted by atomic mass is 16.2. The van der Waals surface area contributed by atoms with Crippen molar-refractivity contribution in [3.63, 3.8) is 0 Å². The van der Waals surface area contributed by atoms with E-state index in [1.54, 1.807) is 6.08 Å². The molecular formula is C15H20N2O. The van der Waals surface area contributed by atoms with Gasteiger partial charge in [0.25, 0.3) is 0 Å². The molecule has 0 aromatic heterocycles. The zero-order chi connectivity index (χ0) is 13.0. The first-order chi connectivity index (χ1) is 8.69. The van der Waals surface area contributed by atoms with Crippen molar-refractivity contribution in [2.75, 3.05) is 19.6 Å². The summed E-state index contributed by atoms with van der Waals surface area (Å²) >= 11 is 0. The highest BCUT2D eigenvalue weighted by molar-refractivity contribution is 5.91. The second kappa shape index (κ2) is 5.83. The van der Waals surface area contributed by atoms with E-state index in [0.717, 1.165) is 25.1 Å². The minimum Gasteiger partial charge on any atom is -0.339 e. The lowest BCUT2D eigenvalue weighted by atomic mass is 10.1. The largest absolute Gasteiger partial charge is 0.339 e. The Balaban J connectivity index is 1.93. The Morgan fingerprint density at radius 1 is 1.44 bits per heavy atom. The number of amides is 1. The van der Waals surface area contributed by atoms with E-state index in [1.165, 1.54) is 5.56 Å². The fourth-order valence-corrected chi connectivity index (χ4v) is 2.18. The van der Waals surface area contributed by atoms with E-state index >= 15 is 0 Å². The predicted molar refractivity (Wildman–Crippen MR) is 74.0 cm³/mol. The molecule has 0 spiro atoms. The van der Waals surface area contributed by atoms with Gasteiger partial charge in [-0.25, -0.2) is 0 Å². The lowest BCUT2D eigenvalue weighted by molar-refractivity contribution is -0.125. The van der Waals surface area contributed by atoms with Gasteiger partial charge in [0, 0.05) is 19.2 Å². The van der Waals surface area contributed by atoms with Crippen LogP contribution >= 0.6 is 0 Å². The van der Waals surface area contributed by atoms with Crippen LogP contribution in [0, 0.1) is 12.8 Å². The zero-order valence-electron chi connectivity index (χ0n) is 10.8. The molecule has 1 aliphatic heterocycles. The molecule has 18 heavy (non-hydrogen) atoms. The molecular weight excluding hydrogens is 224 g/mol. The Morgan fingerprint density at radius 2 is 2.17 bits per heavy atom. The van der Waals surface area contributed by atoms with E-state index in [1.807, 2.05) is 35.2 Å². The van der Waals surface area contributed by atoms with Gasteiger partial charge in [-0.05, 0) is 37.4 Å². The molecule has 0 radical (unpaired) electrons. The molecule has 0 saturated carbocycles. The topological polar surface area (TPSA) is 46.3 Å². The van der Waals surface area contributed by atoms with Gasteiger partial charge in [-0.3, -0.25) is 4.79 Å². The monoisotopic (exact) mass is 244 g/mol. The molecule has 2 rings (SSSR count). The van der Waals surface area contributed by atoms with Crippen LogP contribution in [-0.4, -0.2) is 30.4 Å². The van der Waals surface area contributed by atoms with Gasteiger partial charge in [0.15, 0.2) is 0 Å². The molecule has 1 atom stereocenters. The van der Waals surface area contributed by atoms with Gasteiger partial charge >= 0.3 is 0 Å². The van der Waals surface area contributed by atoms with Gasteiger partial charge in [0.1, 0.15) is 0 Å². The van der Waals surface area contributed by atoms with Crippen molar-refractivity contribution in [3.8, 4) is 0 Å². The highest BCUT2D eigenvalue weighted by Crippen LogP contribution is 2.15. The van der Waals surface area contributed by atoms with Crippen LogP contribution in [0.2, 0.25) is 0 Å². The van der Waals surface area contributed by atoms with E-state index in [0.29, 0.717) is 12.5 Å². The van der Waals surface area contributed by atoms with Crippen LogP contribution in [0.3, 0.4) is 0 Å². The van der Waals surface area contributed by atoms with Gasteiger partial charge in [-0.1, -0.05) is 29.8 Å². The van der Waals surface area contributed by atoms with Crippen LogP contribution in [0.25, 0.3) is 6.08 Å². The molecule has 1 amide bonds.